The van der Waals surface area contributed by atoms with Crippen LogP contribution in [0.2, 0.25) is 0 Å². The number of aliphatic hydroxyl groups is 1. The normalized spacial score (nSPS) is 17.2. The molecule has 0 aliphatic carbocycles. The number of imide groups is 1. The largest absolute Gasteiger partial charge is 0.445 e. The number of ether oxygens (including phenoxy) is 3. The van der Waals surface area contributed by atoms with Crippen LogP contribution in [0.25, 0.3) is 0 Å². The van der Waals surface area contributed by atoms with E-state index in [-0.39, 0.29) is 56.6 Å². The van der Waals surface area contributed by atoms with Gasteiger partial charge in [0.15, 0.2) is 0 Å². The summed E-state index contributed by atoms with van der Waals surface area (Å²) in [7, 11) is 6.07. The second-order valence-corrected chi connectivity index (χ2v) is 26.0. The van der Waals surface area contributed by atoms with Crippen LogP contribution < -0.4 is 42.5 Å². The molecule has 0 radical (unpaired) electrons. The number of nitrogens with two attached hydrogens (primary N) is 1. The molecule has 12 atom stereocenters. The minimum atomic E-state index is -1.14. The van der Waals surface area contributed by atoms with Gasteiger partial charge in [-0.25, -0.2) is 14.5 Å². The highest BCUT2D eigenvalue weighted by Crippen LogP contribution is 2.31. The molecule has 2 aliphatic heterocycles. The van der Waals surface area contributed by atoms with Crippen molar-refractivity contribution in [1.29, 1.82) is 0 Å². The van der Waals surface area contributed by atoms with E-state index in [9.17, 15) is 57.8 Å². The van der Waals surface area contributed by atoms with Crippen LogP contribution in [0, 0.1) is 29.6 Å². The number of primary amides is 1. The van der Waals surface area contributed by atoms with Crippen LogP contribution in [0.3, 0.4) is 0 Å². The average molecular weight is 1340 g/mol. The number of likely N-dealkylation sites (N-methyl/N-ethyl adjacent to an activating group) is 2. The monoisotopic (exact) mass is 1340 g/mol. The van der Waals surface area contributed by atoms with Gasteiger partial charge < -0.3 is 66.8 Å². The van der Waals surface area contributed by atoms with Crippen LogP contribution in [0.4, 0.5) is 21.0 Å². The van der Waals surface area contributed by atoms with E-state index in [1.165, 1.54) is 50.5 Å². The first-order chi connectivity index (χ1) is 45.4. The first-order valence-electron chi connectivity index (χ1n) is 33.0. The van der Waals surface area contributed by atoms with E-state index < -0.39 is 138 Å². The maximum Gasteiger partial charge on any atom is 0.410 e. The minimum Gasteiger partial charge on any atom is -0.445 e. The molecule has 1 unspecified atom stereocenters. The van der Waals surface area contributed by atoms with Crippen molar-refractivity contribution in [2.45, 2.75) is 181 Å². The highest BCUT2D eigenvalue weighted by atomic mass is 16.6. The molecule has 0 bridgehead atoms. The number of benzene rings is 3. The maximum absolute atomic E-state index is 14.8. The smallest absolute Gasteiger partial charge is 0.410 e. The zero-order valence-corrected chi connectivity index (χ0v) is 57.9. The number of carbonyl (C=O) groups excluding carboxylic acids is 11. The summed E-state index contributed by atoms with van der Waals surface area (Å²) in [5, 5.41) is 27.6. The van der Waals surface area contributed by atoms with Gasteiger partial charge in [0.2, 0.25) is 41.4 Å². The number of likely N-dealkylation sites (tertiary alicyclic amines) is 1. The molecule has 12 amide bonds. The Labute approximate surface area is 563 Å². The summed E-state index contributed by atoms with van der Waals surface area (Å²) in [5.74, 6) is -6.48. The number of anilines is 2. The fourth-order valence-electron chi connectivity index (χ4n) is 12.3. The van der Waals surface area contributed by atoms with E-state index >= 15 is 0 Å². The van der Waals surface area contributed by atoms with Crippen LogP contribution in [0.5, 0.6) is 0 Å². The van der Waals surface area contributed by atoms with Gasteiger partial charge in [0.05, 0.1) is 60.9 Å². The van der Waals surface area contributed by atoms with Crippen molar-refractivity contribution in [3.8, 4) is 0 Å². The van der Waals surface area contributed by atoms with Gasteiger partial charge in [-0.3, -0.25) is 48.1 Å². The Bertz CT molecular complexity index is 3170. The SMILES string of the molecule is CC[C@H](C)[C@@H]([C@@H](CC(=O)N1CCC[C@H]1[C@H](OC)[C@@H](C)C(=O)N[C@H](C)[C@@H](O)c1ccccc1)OC)N(C)C(=O)[C@@H](NC(=O)C(C(C)C)N(C)C(=O)OCc1ccc(NC(=O)[C@H](CCCNC(N)=O)NC(=O)[C@@H](NC(=O)Cc2ccc(N3C(=O)C=CC3=O)cc2)C(C)C)cc1)C(C)C. The second-order valence-electron chi connectivity index (χ2n) is 26.0. The number of hydrogen-bond acceptors (Lipinski definition) is 15. The van der Waals surface area contributed by atoms with E-state index in [2.05, 4.69) is 31.9 Å². The standard InChI is InChI=1S/C70H101N11O15/c1-15-43(8)61(53(94-13)38-57(85)80-36-20-24-52(80)63(95-14)44(9)64(87)73-45(10)62(86)48-21-17-16-18-22-48)78(11)68(91)59(41(4)5)77-67(90)60(42(6)7)79(12)70(93)96-39-47-25-29-49(30-26-47)74-65(88)51(23-19-35-72-69(71)92)75-66(89)58(40(2)3)76-54(82)37-46-27-31-50(32-28-46)81-55(83)33-34-56(81)84/h16-18,21-22,25-34,40-45,51-53,58-63,86H,15,19-20,23-24,35-39H2,1-14H3,(H,73,87)(H,74,88)(H,75,89)(H,76,82)(H,77,90)(H3,71,72,92)/t43-,44+,45+,51-,52-,53+,58-,59-,60?,61-,62+,63+/m0/s1. The van der Waals surface area contributed by atoms with Crippen molar-refractivity contribution >= 4 is 76.7 Å². The first-order valence-corrected chi connectivity index (χ1v) is 33.0. The lowest BCUT2D eigenvalue weighted by Gasteiger charge is -2.41. The zero-order chi connectivity index (χ0) is 71.2. The van der Waals surface area contributed by atoms with Gasteiger partial charge in [-0.15, -0.1) is 0 Å². The summed E-state index contributed by atoms with van der Waals surface area (Å²) >= 11 is 0. The Balaban J connectivity index is 1.19. The predicted molar refractivity (Wildman–Crippen MR) is 361 cm³/mol. The Kier molecular flexibility index (Phi) is 30.0. The Morgan fingerprint density at radius 1 is 0.698 bits per heavy atom. The van der Waals surface area contributed by atoms with Crippen LogP contribution in [-0.4, -0.2) is 181 Å². The predicted octanol–water partition coefficient (Wildman–Crippen LogP) is 5.26. The van der Waals surface area contributed by atoms with E-state index in [0.29, 0.717) is 53.9 Å². The van der Waals surface area contributed by atoms with E-state index in [0.717, 1.165) is 4.90 Å². The quantitative estimate of drug-likeness (QED) is 0.0275. The number of methoxy groups -OCH3 is 2. The molecule has 3 aromatic carbocycles. The van der Waals surface area contributed by atoms with Crippen molar-refractivity contribution in [3.05, 3.63) is 108 Å². The Morgan fingerprint density at radius 3 is 1.88 bits per heavy atom. The second kappa shape index (κ2) is 36.9. The average Bonchev–Trinajstić information content (AvgIpc) is 1.52. The van der Waals surface area contributed by atoms with Crippen molar-refractivity contribution < 1.29 is 72.1 Å². The Hall–Kier alpha value is -8.75. The number of nitrogens with one attached hydrogen (secondary N) is 6. The highest BCUT2D eigenvalue weighted by molar-refractivity contribution is 6.28. The van der Waals surface area contributed by atoms with Crippen LogP contribution in [0.1, 0.15) is 131 Å². The molecular weight excluding hydrogens is 1230 g/mol. The fraction of sp³-hybridized carbons (Fsp3) is 0.557. The molecule has 5 rings (SSSR count). The van der Waals surface area contributed by atoms with Crippen molar-refractivity contribution in [3.63, 3.8) is 0 Å². The van der Waals surface area contributed by atoms with Gasteiger partial charge in [0.25, 0.3) is 11.8 Å². The zero-order valence-electron chi connectivity index (χ0n) is 57.9. The van der Waals surface area contributed by atoms with Crippen LogP contribution in [0.15, 0.2) is 91.0 Å². The number of carbonyl (C=O) groups is 11. The molecular formula is C70H101N11O15. The third-order valence-electron chi connectivity index (χ3n) is 17.9. The summed E-state index contributed by atoms with van der Waals surface area (Å²) in [4.78, 5) is 153. The molecule has 26 heteroatoms. The molecule has 0 aromatic heterocycles. The van der Waals surface area contributed by atoms with Crippen molar-refractivity contribution in [2.24, 2.45) is 35.3 Å². The van der Waals surface area contributed by atoms with Gasteiger partial charge in [0.1, 0.15) is 30.8 Å². The highest BCUT2D eigenvalue weighted by Gasteiger charge is 2.44. The lowest BCUT2D eigenvalue weighted by Crippen LogP contribution is -2.60. The topological polar surface area (TPSA) is 347 Å². The minimum absolute atomic E-state index is 0.0626. The molecule has 0 saturated carbocycles. The summed E-state index contributed by atoms with van der Waals surface area (Å²) in [6.07, 6.45) is 1.06. The van der Waals surface area contributed by atoms with Gasteiger partial charge >= 0.3 is 12.1 Å². The maximum atomic E-state index is 14.8. The van der Waals surface area contributed by atoms with E-state index in [4.69, 9.17) is 19.9 Å². The summed E-state index contributed by atoms with van der Waals surface area (Å²) in [6.45, 7) is 18.3. The molecule has 9 N–H and O–H groups in total. The third-order valence-corrected chi connectivity index (χ3v) is 17.9. The lowest BCUT2D eigenvalue weighted by molar-refractivity contribution is -0.148. The van der Waals surface area contributed by atoms with Crippen LogP contribution >= 0.6 is 0 Å². The van der Waals surface area contributed by atoms with Crippen molar-refractivity contribution in [2.75, 3.05) is 51.6 Å². The van der Waals surface area contributed by atoms with Crippen LogP contribution in [-0.2, 0) is 70.4 Å². The van der Waals surface area contributed by atoms with E-state index in [1.54, 1.807) is 121 Å². The molecule has 2 heterocycles. The lowest BCUT2D eigenvalue weighted by atomic mass is 9.89. The first kappa shape index (κ1) is 78.0. The summed E-state index contributed by atoms with van der Waals surface area (Å²) < 4.78 is 17.8. The molecule has 96 heavy (non-hydrogen) atoms. The number of nitrogens with zero attached hydrogens (tertiary/aromatic N) is 4. The molecule has 0 spiro atoms. The molecule has 26 nitrogen and oxygen atoms in total. The van der Waals surface area contributed by atoms with Crippen molar-refractivity contribution in [1.82, 2.24) is 41.3 Å². The van der Waals surface area contributed by atoms with Gasteiger partial charge in [0, 0.05) is 59.2 Å². The van der Waals surface area contributed by atoms with Gasteiger partial charge in [-0.05, 0) is 97.2 Å². The molecule has 1 saturated heterocycles. The fourth-order valence-corrected chi connectivity index (χ4v) is 12.3. The molecule has 1 fully saturated rings. The molecule has 2 aliphatic rings. The number of rotatable bonds is 35. The Morgan fingerprint density at radius 2 is 1.31 bits per heavy atom. The summed E-state index contributed by atoms with van der Waals surface area (Å²) in [6, 6.07) is 14.8. The molecule has 526 valence electrons. The van der Waals surface area contributed by atoms with E-state index in [1.807, 2.05) is 32.0 Å². The van der Waals surface area contributed by atoms with Gasteiger partial charge in [-0.1, -0.05) is 123 Å². The number of aliphatic hydroxyl groups excluding tert-OH is 1. The number of hydrogen-bond donors (Lipinski definition) is 8. The molecule has 3 aromatic rings. The number of amides is 12. The van der Waals surface area contributed by atoms with Gasteiger partial charge in [-0.2, -0.15) is 0 Å². The summed E-state index contributed by atoms with van der Waals surface area (Å²) in [5.41, 5.74) is 7.64. The third kappa shape index (κ3) is 21.4. The number of urea groups is 1.